The second-order valence-electron chi connectivity index (χ2n) is 3.80. The molecule has 22 heavy (non-hydrogen) atoms. The van der Waals surface area contributed by atoms with Crippen LogP contribution in [0.1, 0.15) is 34.1 Å². The van der Waals surface area contributed by atoms with Crippen LogP contribution in [0.5, 0.6) is 0 Å². The standard InChI is InChI=1S/C11H18N2O8.K/c1-8(14)18-12(19-9(2)15)6-5-7-13(20-10(3)16)21-11(4)17;/h5-7H2,1-4H3;. The largest absolute Gasteiger partial charge is 0.333 e. The van der Waals surface area contributed by atoms with Gasteiger partial charge in [-0.2, -0.15) is 0 Å². The van der Waals surface area contributed by atoms with Gasteiger partial charge in [-0.3, -0.25) is 19.2 Å². The Hall–Kier alpha value is -0.564. The van der Waals surface area contributed by atoms with E-state index in [0.29, 0.717) is 10.5 Å². The molecule has 0 bridgehead atoms. The number of nitrogens with zero attached hydrogens (tertiary/aromatic N) is 2. The van der Waals surface area contributed by atoms with E-state index in [1.165, 1.54) is 0 Å². The normalized spacial score (nSPS) is 9.73. The Labute approximate surface area is 170 Å². The van der Waals surface area contributed by atoms with Crippen LogP contribution in [0.3, 0.4) is 0 Å². The van der Waals surface area contributed by atoms with Gasteiger partial charge in [0.05, 0.1) is 13.1 Å². The van der Waals surface area contributed by atoms with Crippen LogP contribution in [-0.2, 0) is 38.5 Å². The van der Waals surface area contributed by atoms with Gasteiger partial charge < -0.3 is 19.4 Å². The molecule has 1 radical (unpaired) electrons. The molecule has 0 saturated carbocycles. The maximum Gasteiger partial charge on any atom is 0.326 e. The third kappa shape index (κ3) is 14.4. The predicted octanol–water partition coefficient (Wildman–Crippen LogP) is -0.488. The topological polar surface area (TPSA) is 112 Å². The summed E-state index contributed by atoms with van der Waals surface area (Å²) in [6.45, 7) is 4.53. The van der Waals surface area contributed by atoms with E-state index in [2.05, 4.69) is 19.4 Å². The van der Waals surface area contributed by atoms with Crippen molar-refractivity contribution < 1.29 is 38.5 Å². The fourth-order valence-corrected chi connectivity index (χ4v) is 1.12. The summed E-state index contributed by atoms with van der Waals surface area (Å²) in [5, 5.41) is 1.37. The van der Waals surface area contributed by atoms with Crippen LogP contribution >= 0.6 is 0 Å². The van der Waals surface area contributed by atoms with Gasteiger partial charge in [-0.05, 0) is 6.42 Å². The molecule has 0 aromatic rings. The molecule has 10 nitrogen and oxygen atoms in total. The van der Waals surface area contributed by atoms with Crippen LogP contribution in [0.25, 0.3) is 0 Å². The summed E-state index contributed by atoms with van der Waals surface area (Å²) in [4.78, 5) is 61.8. The van der Waals surface area contributed by atoms with Crippen molar-refractivity contribution in [3.63, 3.8) is 0 Å². The summed E-state index contributed by atoms with van der Waals surface area (Å²) >= 11 is 0. The van der Waals surface area contributed by atoms with Gasteiger partial charge in [0.2, 0.25) is 0 Å². The van der Waals surface area contributed by atoms with Crippen LogP contribution in [0, 0.1) is 0 Å². The summed E-state index contributed by atoms with van der Waals surface area (Å²) in [5.74, 6) is -2.69. The van der Waals surface area contributed by atoms with Crippen molar-refractivity contribution in [1.29, 1.82) is 0 Å². The third-order valence-corrected chi connectivity index (χ3v) is 1.60. The maximum absolute atomic E-state index is 10.8. The smallest absolute Gasteiger partial charge is 0.326 e. The number of carbonyl (C=O) groups is 4. The van der Waals surface area contributed by atoms with Gasteiger partial charge in [-0.25, -0.2) is 0 Å². The van der Waals surface area contributed by atoms with Crippen LogP contribution in [-0.4, -0.2) is 98.8 Å². The van der Waals surface area contributed by atoms with Gasteiger partial charge in [0.1, 0.15) is 0 Å². The molecule has 0 fully saturated rings. The minimum atomic E-state index is -0.673. The first kappa shape index (κ1) is 23.7. The zero-order chi connectivity index (χ0) is 16.4. The van der Waals surface area contributed by atoms with Crippen molar-refractivity contribution >= 4 is 75.3 Å². The number of rotatable bonds is 8. The van der Waals surface area contributed by atoms with Crippen molar-refractivity contribution in [2.45, 2.75) is 34.1 Å². The minimum absolute atomic E-state index is 0. The first-order chi connectivity index (χ1) is 9.70. The fourth-order valence-electron chi connectivity index (χ4n) is 1.12. The molecule has 11 heteroatoms. The Balaban J connectivity index is 0. The molecule has 0 amide bonds. The zero-order valence-electron chi connectivity index (χ0n) is 13.3. The van der Waals surface area contributed by atoms with Gasteiger partial charge in [0.15, 0.2) is 0 Å². The molecular weight excluding hydrogens is 327 g/mol. The van der Waals surface area contributed by atoms with Crippen molar-refractivity contribution in [3.8, 4) is 0 Å². The molecule has 0 aromatic carbocycles. The number of hydrogen-bond acceptors (Lipinski definition) is 10. The van der Waals surface area contributed by atoms with Crippen LogP contribution in [0.2, 0.25) is 0 Å². The molecule has 0 unspecified atom stereocenters. The molecule has 0 aromatic heterocycles. The summed E-state index contributed by atoms with van der Waals surface area (Å²) in [5.41, 5.74) is 0. The molecule has 0 rings (SSSR count). The molecule has 0 spiro atoms. The van der Waals surface area contributed by atoms with E-state index in [9.17, 15) is 19.2 Å². The van der Waals surface area contributed by atoms with Crippen molar-refractivity contribution in [2.24, 2.45) is 0 Å². The summed E-state index contributed by atoms with van der Waals surface area (Å²) in [6, 6.07) is 0. The summed E-state index contributed by atoms with van der Waals surface area (Å²) in [6.07, 6.45) is 0.196. The molecule has 121 valence electrons. The molecular formula is C11H18KN2O8. The van der Waals surface area contributed by atoms with E-state index < -0.39 is 23.9 Å². The van der Waals surface area contributed by atoms with E-state index in [-0.39, 0.29) is 70.9 Å². The number of hydroxylamine groups is 4. The van der Waals surface area contributed by atoms with E-state index in [0.717, 1.165) is 27.7 Å². The Kier molecular flexibility index (Phi) is 13.9. The van der Waals surface area contributed by atoms with Crippen LogP contribution in [0.4, 0.5) is 0 Å². The van der Waals surface area contributed by atoms with E-state index >= 15 is 0 Å². The van der Waals surface area contributed by atoms with Gasteiger partial charge in [0.25, 0.3) is 0 Å². The average Bonchev–Trinajstić information content (AvgIpc) is 2.24. The molecule has 0 aliphatic heterocycles. The first-order valence-corrected chi connectivity index (χ1v) is 6.00. The predicted molar refractivity (Wildman–Crippen MR) is 70.8 cm³/mol. The molecule has 0 aliphatic rings. The minimum Gasteiger partial charge on any atom is -0.333 e. The Morgan fingerprint density at radius 1 is 0.636 bits per heavy atom. The van der Waals surface area contributed by atoms with Crippen molar-refractivity contribution in [2.75, 3.05) is 13.1 Å². The van der Waals surface area contributed by atoms with E-state index in [1.54, 1.807) is 0 Å². The van der Waals surface area contributed by atoms with Crippen LogP contribution < -0.4 is 0 Å². The molecule has 0 heterocycles. The Morgan fingerprint density at radius 3 is 1.05 bits per heavy atom. The Morgan fingerprint density at radius 2 is 0.864 bits per heavy atom. The number of hydrogen-bond donors (Lipinski definition) is 0. The monoisotopic (exact) mass is 345 g/mol. The maximum atomic E-state index is 10.8. The molecule has 0 saturated heterocycles. The van der Waals surface area contributed by atoms with E-state index in [1.807, 2.05) is 0 Å². The van der Waals surface area contributed by atoms with E-state index in [4.69, 9.17) is 0 Å². The second-order valence-corrected chi connectivity index (χ2v) is 3.80. The van der Waals surface area contributed by atoms with Gasteiger partial charge in [-0.15, -0.1) is 0 Å². The van der Waals surface area contributed by atoms with Crippen molar-refractivity contribution in [3.05, 3.63) is 0 Å². The average molecular weight is 345 g/mol. The SMILES string of the molecule is CC(=O)ON(CCCN(OC(C)=O)OC(C)=O)OC(C)=O.[K]. The Bertz CT molecular complexity index is 336. The zero-order valence-corrected chi connectivity index (χ0v) is 16.4. The van der Waals surface area contributed by atoms with Crippen molar-refractivity contribution in [1.82, 2.24) is 10.5 Å². The van der Waals surface area contributed by atoms with Crippen LogP contribution in [0.15, 0.2) is 0 Å². The first-order valence-electron chi connectivity index (χ1n) is 6.00. The van der Waals surface area contributed by atoms with Gasteiger partial charge in [0, 0.05) is 89.5 Å². The molecule has 0 aliphatic carbocycles. The second kappa shape index (κ2) is 12.9. The molecule has 0 N–H and O–H groups in total. The summed E-state index contributed by atoms with van der Waals surface area (Å²) in [7, 11) is 0. The number of carbonyl (C=O) groups excluding carboxylic acids is 4. The fraction of sp³-hybridized carbons (Fsp3) is 0.636. The van der Waals surface area contributed by atoms with Gasteiger partial charge >= 0.3 is 23.9 Å². The summed E-state index contributed by atoms with van der Waals surface area (Å²) < 4.78 is 0. The van der Waals surface area contributed by atoms with Gasteiger partial charge in [-0.1, -0.05) is 0 Å². The third-order valence-electron chi connectivity index (χ3n) is 1.60. The molecule has 0 atom stereocenters. The quantitative estimate of drug-likeness (QED) is 0.422.